The zero-order chi connectivity index (χ0) is 37.4. The van der Waals surface area contributed by atoms with E-state index in [9.17, 15) is 14.4 Å². The van der Waals surface area contributed by atoms with E-state index in [-0.39, 0.29) is 29.1 Å². The Labute approximate surface area is 313 Å². The highest BCUT2D eigenvalue weighted by Crippen LogP contribution is 2.30. The number of fused-ring (bicyclic) bond motifs is 3. The minimum atomic E-state index is -0.464. The summed E-state index contributed by atoms with van der Waals surface area (Å²) in [5.74, 6) is -0.210. The minimum absolute atomic E-state index is 0.223. The van der Waals surface area contributed by atoms with Crippen molar-refractivity contribution in [3.8, 4) is 11.5 Å². The summed E-state index contributed by atoms with van der Waals surface area (Å²) >= 11 is 0. The molecule has 0 bridgehead atoms. The summed E-state index contributed by atoms with van der Waals surface area (Å²) in [6, 6.07) is 31.1. The first kappa shape index (κ1) is 36.1. The SMILES string of the molecule is CCc1ccc(-c2nc3cccnc3c(=O)o2)c2ccccc12.CCc1ccc(C(=O)Nc2cccnc2C(=O)NCC2CCCCN2)c2ccccc12. The van der Waals surface area contributed by atoms with Crippen LogP contribution in [0.1, 0.15) is 65.1 Å². The molecule has 1 fully saturated rings. The van der Waals surface area contributed by atoms with Gasteiger partial charge in [-0.1, -0.05) is 80.9 Å². The van der Waals surface area contributed by atoms with Gasteiger partial charge in [0.2, 0.25) is 5.89 Å². The molecule has 2 amide bonds. The second-order valence-corrected chi connectivity index (χ2v) is 13.2. The number of hydrogen-bond acceptors (Lipinski definition) is 8. The fraction of sp³-hybridized carbons (Fsp3) is 0.227. The maximum Gasteiger partial charge on any atom is 0.365 e. The second kappa shape index (κ2) is 16.6. The number of carbonyl (C=O) groups excluding carboxylic acids is 2. The Morgan fingerprint density at radius 2 is 1.44 bits per heavy atom. The lowest BCUT2D eigenvalue weighted by atomic mass is 9.97. The van der Waals surface area contributed by atoms with Crippen molar-refractivity contribution in [3.05, 3.63) is 142 Å². The molecular weight excluding hydrogens is 677 g/mol. The highest BCUT2D eigenvalue weighted by atomic mass is 16.4. The Balaban J connectivity index is 0.000000174. The first-order valence-electron chi connectivity index (χ1n) is 18.5. The fourth-order valence-corrected chi connectivity index (χ4v) is 7.03. The van der Waals surface area contributed by atoms with Gasteiger partial charge in [-0.2, -0.15) is 0 Å². The van der Waals surface area contributed by atoms with E-state index in [1.807, 2.05) is 60.7 Å². The number of nitrogens with one attached hydrogen (secondary N) is 3. The van der Waals surface area contributed by atoms with Crippen molar-refractivity contribution in [2.24, 2.45) is 0 Å². The maximum atomic E-state index is 13.1. The molecule has 10 nitrogen and oxygen atoms in total. The van der Waals surface area contributed by atoms with Crippen LogP contribution in [-0.2, 0) is 12.8 Å². The van der Waals surface area contributed by atoms with E-state index in [1.54, 1.807) is 36.7 Å². The van der Waals surface area contributed by atoms with Crippen molar-refractivity contribution in [2.45, 2.75) is 52.0 Å². The molecule has 1 aliphatic rings. The van der Waals surface area contributed by atoms with E-state index < -0.39 is 5.63 Å². The standard InChI is InChI=1S/C25H28N4O2.C19H14N2O2/c1-2-17-12-13-21(20-10-4-3-9-19(17)20)24(30)29-22-11-7-15-27-23(22)25(31)28-16-18-8-5-6-14-26-18;1-2-12-9-10-15(14-7-4-3-6-13(12)14)18-21-16-8-5-11-20-17(16)19(22)23-18/h3-4,7,9-13,15,18,26H,2,5-6,8,14,16H2,1H3,(H,28,31)(H,29,30);3-11H,2H2,1H3. The predicted octanol–water partition coefficient (Wildman–Crippen LogP) is 7.89. The lowest BCUT2D eigenvalue weighted by molar-refractivity contribution is 0.0943. The van der Waals surface area contributed by atoms with Crippen molar-refractivity contribution < 1.29 is 14.0 Å². The Morgan fingerprint density at radius 3 is 2.19 bits per heavy atom. The molecule has 0 spiro atoms. The van der Waals surface area contributed by atoms with Crippen molar-refractivity contribution in [1.82, 2.24) is 25.6 Å². The molecule has 0 aliphatic carbocycles. The summed E-state index contributed by atoms with van der Waals surface area (Å²) in [6.45, 7) is 5.76. The highest BCUT2D eigenvalue weighted by molar-refractivity contribution is 6.15. The van der Waals surface area contributed by atoms with Crippen LogP contribution in [0.2, 0.25) is 0 Å². The third-order valence-corrected chi connectivity index (χ3v) is 9.85. The number of piperidine rings is 1. The Morgan fingerprint density at radius 1 is 0.759 bits per heavy atom. The number of pyridine rings is 2. The number of carbonyl (C=O) groups is 2. The Kier molecular flexibility index (Phi) is 11.1. The van der Waals surface area contributed by atoms with E-state index in [2.05, 4.69) is 56.9 Å². The molecule has 8 rings (SSSR count). The van der Waals surface area contributed by atoms with Gasteiger partial charge in [-0.3, -0.25) is 9.59 Å². The van der Waals surface area contributed by atoms with Gasteiger partial charge in [-0.15, -0.1) is 0 Å². The molecule has 1 atom stereocenters. The molecule has 1 unspecified atom stereocenters. The predicted molar refractivity (Wildman–Crippen MR) is 214 cm³/mol. The summed E-state index contributed by atoms with van der Waals surface area (Å²) in [5, 5.41) is 13.4. The van der Waals surface area contributed by atoms with Crippen LogP contribution in [0, 0.1) is 0 Å². The molecule has 1 aliphatic heterocycles. The summed E-state index contributed by atoms with van der Waals surface area (Å²) < 4.78 is 5.43. The highest BCUT2D eigenvalue weighted by Gasteiger charge is 2.20. The number of aromatic nitrogens is 3. The minimum Gasteiger partial charge on any atom is -0.402 e. The van der Waals surface area contributed by atoms with Gasteiger partial charge in [-0.05, 0) is 101 Å². The third kappa shape index (κ3) is 7.74. The number of benzene rings is 4. The van der Waals surface area contributed by atoms with Gasteiger partial charge < -0.3 is 20.4 Å². The lowest BCUT2D eigenvalue weighted by Crippen LogP contribution is -2.43. The monoisotopic (exact) mass is 718 g/mol. The van der Waals surface area contributed by atoms with E-state index in [0.29, 0.717) is 29.2 Å². The molecule has 3 aromatic heterocycles. The van der Waals surface area contributed by atoms with Crippen LogP contribution in [-0.4, -0.2) is 45.9 Å². The number of aryl methyl sites for hydroxylation is 2. The van der Waals surface area contributed by atoms with Crippen LogP contribution in [0.15, 0.2) is 119 Å². The Bertz CT molecular complexity index is 2520. The molecule has 0 radical (unpaired) electrons. The second-order valence-electron chi connectivity index (χ2n) is 13.2. The largest absolute Gasteiger partial charge is 0.402 e. The normalized spacial score (nSPS) is 14.0. The molecule has 10 heteroatoms. The number of amides is 2. The van der Waals surface area contributed by atoms with Crippen LogP contribution in [0.3, 0.4) is 0 Å². The average molecular weight is 719 g/mol. The van der Waals surface area contributed by atoms with E-state index >= 15 is 0 Å². The van der Waals surface area contributed by atoms with Crippen molar-refractivity contribution in [2.75, 3.05) is 18.4 Å². The zero-order valence-electron chi connectivity index (χ0n) is 30.4. The van der Waals surface area contributed by atoms with Crippen molar-refractivity contribution in [1.29, 1.82) is 0 Å². The average Bonchev–Trinajstić information content (AvgIpc) is 3.22. The summed E-state index contributed by atoms with van der Waals surface area (Å²) in [7, 11) is 0. The van der Waals surface area contributed by atoms with Crippen LogP contribution in [0.4, 0.5) is 5.69 Å². The number of rotatable bonds is 8. The Hall–Kier alpha value is -6.26. The fourth-order valence-electron chi connectivity index (χ4n) is 7.03. The van der Waals surface area contributed by atoms with Crippen molar-refractivity contribution in [3.63, 3.8) is 0 Å². The molecule has 4 aromatic carbocycles. The van der Waals surface area contributed by atoms with Gasteiger partial charge in [0.25, 0.3) is 11.8 Å². The lowest BCUT2D eigenvalue weighted by Gasteiger charge is -2.23. The van der Waals surface area contributed by atoms with E-state index in [1.165, 1.54) is 24.0 Å². The molecule has 1 saturated heterocycles. The van der Waals surface area contributed by atoms with Gasteiger partial charge in [-0.25, -0.2) is 19.7 Å². The van der Waals surface area contributed by atoms with Gasteiger partial charge in [0, 0.05) is 36.1 Å². The summed E-state index contributed by atoms with van der Waals surface area (Å²) in [4.78, 5) is 50.8. The maximum absolute atomic E-state index is 13.1. The number of hydrogen-bond donors (Lipinski definition) is 3. The van der Waals surface area contributed by atoms with Crippen molar-refractivity contribution >= 4 is 50.1 Å². The molecular formula is C44H42N6O4. The topological polar surface area (TPSA) is 139 Å². The molecule has 54 heavy (non-hydrogen) atoms. The number of anilines is 1. The quantitative estimate of drug-likeness (QED) is 0.144. The van der Waals surface area contributed by atoms with Crippen LogP contribution in [0.25, 0.3) is 44.0 Å². The molecule has 7 aromatic rings. The number of nitrogens with zero attached hydrogens (tertiary/aromatic N) is 3. The smallest absolute Gasteiger partial charge is 0.365 e. The van der Waals surface area contributed by atoms with Gasteiger partial charge >= 0.3 is 5.63 Å². The van der Waals surface area contributed by atoms with Gasteiger partial charge in [0.15, 0.2) is 11.2 Å². The summed E-state index contributed by atoms with van der Waals surface area (Å²) in [5.41, 5.74) is 4.82. The van der Waals surface area contributed by atoms with Gasteiger partial charge in [0.1, 0.15) is 5.52 Å². The molecule has 4 heterocycles. The third-order valence-electron chi connectivity index (χ3n) is 9.85. The van der Waals surface area contributed by atoms with Crippen LogP contribution < -0.4 is 21.6 Å². The molecule has 0 saturated carbocycles. The van der Waals surface area contributed by atoms with Crippen LogP contribution >= 0.6 is 0 Å². The molecule has 3 N–H and O–H groups in total. The summed E-state index contributed by atoms with van der Waals surface area (Å²) in [6.07, 6.45) is 8.36. The van der Waals surface area contributed by atoms with Crippen LogP contribution in [0.5, 0.6) is 0 Å². The first-order chi connectivity index (χ1) is 26.4. The van der Waals surface area contributed by atoms with Gasteiger partial charge in [0.05, 0.1) is 5.69 Å². The molecule has 272 valence electrons. The first-order valence-corrected chi connectivity index (χ1v) is 18.5. The van der Waals surface area contributed by atoms with E-state index in [4.69, 9.17) is 4.42 Å². The zero-order valence-corrected chi connectivity index (χ0v) is 30.4. The van der Waals surface area contributed by atoms with E-state index in [0.717, 1.165) is 52.9 Å².